The van der Waals surface area contributed by atoms with Gasteiger partial charge < -0.3 is 19.0 Å². The summed E-state index contributed by atoms with van der Waals surface area (Å²) in [7, 11) is 0. The molecular weight excluding hydrogens is 735 g/mol. The van der Waals surface area contributed by atoms with Crippen LogP contribution in [0, 0.1) is 0 Å². The Morgan fingerprint density at radius 3 is 1.92 bits per heavy atom. The van der Waals surface area contributed by atoms with Gasteiger partial charge in [0.25, 0.3) is 0 Å². The number of phenolic OH excluding ortho intramolecular Hbond substituents is 1. The number of furan rings is 1. The average molecular weight is 772 g/mol. The Labute approximate surface area is 347 Å². The Kier molecular flexibility index (Phi) is 8.56. The summed E-state index contributed by atoms with van der Waals surface area (Å²) in [6.45, 7) is 0. The van der Waals surface area contributed by atoms with E-state index < -0.39 is 0 Å². The largest absolute Gasteiger partial charge is 0.506 e. The summed E-state index contributed by atoms with van der Waals surface area (Å²) in [4.78, 5) is 6.97. The van der Waals surface area contributed by atoms with Crippen molar-refractivity contribution in [2.45, 2.75) is 0 Å². The monoisotopic (exact) mass is 771 g/mol. The van der Waals surface area contributed by atoms with E-state index in [1.165, 1.54) is 16.3 Å². The van der Waals surface area contributed by atoms with Gasteiger partial charge in [0.05, 0.1) is 16.7 Å². The number of aromatic nitrogens is 1. The van der Waals surface area contributed by atoms with E-state index in [4.69, 9.17) is 4.42 Å². The number of rotatable bonds is 8. The van der Waals surface area contributed by atoms with Gasteiger partial charge in [-0.15, -0.1) is 0 Å². The molecule has 0 radical (unpaired) electrons. The van der Waals surface area contributed by atoms with Crippen LogP contribution in [0.25, 0.3) is 71.7 Å². The van der Waals surface area contributed by atoms with Gasteiger partial charge in [-0.1, -0.05) is 140 Å². The summed E-state index contributed by atoms with van der Waals surface area (Å²) in [6.07, 6.45) is 1.76. The molecule has 5 heteroatoms. The molecule has 60 heavy (non-hydrogen) atoms. The third kappa shape index (κ3) is 6.17. The molecule has 0 spiro atoms. The summed E-state index contributed by atoms with van der Waals surface area (Å²) >= 11 is 0. The number of hydrogen-bond donors (Lipinski definition) is 1. The van der Waals surface area contributed by atoms with Crippen molar-refractivity contribution in [2.75, 3.05) is 4.90 Å². The number of fused-ring (bicyclic) bond motifs is 6. The van der Waals surface area contributed by atoms with Crippen LogP contribution < -0.4 is 4.90 Å². The maximum Gasteiger partial charge on any atom is 0.144 e. The topological polar surface area (TPSA) is 53.9 Å². The highest BCUT2D eigenvalue weighted by molar-refractivity contribution is 6.14. The Morgan fingerprint density at radius 1 is 0.467 bits per heavy atom. The standard InChI is InChI=1S/C55H37N3O2/c59-52-35-54-48(34-49(52)56-36-37-14-4-1-5-15-37)46-31-28-41(33-53(46)60-54)39-26-29-43(30-27-39)57(44-21-12-18-40(32-44)38-16-6-2-7-17-38)51-25-13-23-47-45-22-10-11-24-50(45)58(55(47)51)42-19-8-3-9-20-42/h1-36,59H. The quantitative estimate of drug-likeness (QED) is 0.157. The predicted octanol–water partition coefficient (Wildman–Crippen LogP) is 14.9. The Hall–Kier alpha value is -8.15. The van der Waals surface area contributed by atoms with Gasteiger partial charge in [0.1, 0.15) is 22.6 Å². The smallest absolute Gasteiger partial charge is 0.144 e. The normalized spacial score (nSPS) is 11.7. The molecule has 11 aromatic rings. The lowest BCUT2D eigenvalue weighted by atomic mass is 10.0. The number of aliphatic imine (C=N–C) groups is 1. The Morgan fingerprint density at radius 2 is 1.10 bits per heavy atom. The van der Waals surface area contributed by atoms with Gasteiger partial charge in [-0.3, -0.25) is 4.99 Å². The first-order chi connectivity index (χ1) is 29.7. The highest BCUT2D eigenvalue weighted by atomic mass is 16.3. The van der Waals surface area contributed by atoms with E-state index in [-0.39, 0.29) is 5.75 Å². The van der Waals surface area contributed by atoms with Crippen molar-refractivity contribution in [3.05, 3.63) is 218 Å². The highest BCUT2D eigenvalue weighted by Gasteiger charge is 2.22. The number of benzene rings is 9. The summed E-state index contributed by atoms with van der Waals surface area (Å²) in [5, 5.41) is 15.1. The van der Waals surface area contributed by atoms with Crippen molar-refractivity contribution < 1.29 is 9.52 Å². The van der Waals surface area contributed by atoms with Crippen LogP contribution in [0.1, 0.15) is 5.56 Å². The second-order valence-electron chi connectivity index (χ2n) is 15.0. The van der Waals surface area contributed by atoms with Crippen LogP contribution in [-0.2, 0) is 0 Å². The van der Waals surface area contributed by atoms with E-state index in [1.54, 1.807) is 12.3 Å². The molecule has 0 aliphatic carbocycles. The Balaban J connectivity index is 1.03. The number of para-hydroxylation sites is 3. The van der Waals surface area contributed by atoms with Crippen LogP contribution >= 0.6 is 0 Å². The van der Waals surface area contributed by atoms with Crippen molar-refractivity contribution in [3.8, 4) is 33.7 Å². The molecule has 0 saturated carbocycles. The molecule has 0 aliphatic heterocycles. The number of anilines is 3. The zero-order valence-corrected chi connectivity index (χ0v) is 32.5. The maximum absolute atomic E-state index is 10.8. The second kappa shape index (κ2) is 14.7. The zero-order valence-electron chi connectivity index (χ0n) is 32.5. The fourth-order valence-electron chi connectivity index (χ4n) is 8.48. The summed E-state index contributed by atoms with van der Waals surface area (Å²) in [5.74, 6) is 0.0724. The number of hydrogen-bond acceptors (Lipinski definition) is 4. The van der Waals surface area contributed by atoms with Crippen LogP contribution in [0.2, 0.25) is 0 Å². The van der Waals surface area contributed by atoms with Crippen molar-refractivity contribution in [1.29, 1.82) is 0 Å². The molecule has 0 amide bonds. The number of aromatic hydroxyl groups is 1. The maximum atomic E-state index is 10.8. The van der Waals surface area contributed by atoms with Gasteiger partial charge in [-0.05, 0) is 94.5 Å². The van der Waals surface area contributed by atoms with Crippen molar-refractivity contribution in [2.24, 2.45) is 4.99 Å². The molecule has 1 N–H and O–H groups in total. The summed E-state index contributed by atoms with van der Waals surface area (Å²) in [6, 6.07) is 73.8. The first-order valence-electron chi connectivity index (χ1n) is 20.1. The Bertz CT molecular complexity index is 3370. The van der Waals surface area contributed by atoms with Gasteiger partial charge in [-0.25, -0.2) is 0 Å². The molecule has 5 nitrogen and oxygen atoms in total. The van der Waals surface area contributed by atoms with Gasteiger partial charge in [0.15, 0.2) is 0 Å². The van der Waals surface area contributed by atoms with E-state index in [1.807, 2.05) is 36.4 Å². The molecule has 0 unspecified atom stereocenters. The van der Waals surface area contributed by atoms with Crippen LogP contribution in [0.5, 0.6) is 5.75 Å². The molecular formula is C55H37N3O2. The minimum Gasteiger partial charge on any atom is -0.506 e. The highest BCUT2D eigenvalue weighted by Crippen LogP contribution is 2.45. The number of phenols is 1. The van der Waals surface area contributed by atoms with E-state index >= 15 is 0 Å². The first kappa shape index (κ1) is 35.0. The average Bonchev–Trinajstić information content (AvgIpc) is 3.84. The van der Waals surface area contributed by atoms with Crippen LogP contribution in [0.3, 0.4) is 0 Å². The lowest BCUT2D eigenvalue weighted by Crippen LogP contribution is -2.11. The van der Waals surface area contributed by atoms with Gasteiger partial charge in [0.2, 0.25) is 0 Å². The summed E-state index contributed by atoms with van der Waals surface area (Å²) < 4.78 is 8.72. The molecule has 0 aliphatic rings. The fourth-order valence-corrected chi connectivity index (χ4v) is 8.48. The van der Waals surface area contributed by atoms with Crippen LogP contribution in [0.15, 0.2) is 222 Å². The SMILES string of the molecule is Oc1cc2oc3cc(-c4ccc(N(c5cccc(-c6ccccc6)c5)c5cccc6c7ccccc7n(-c7ccccc7)c56)cc4)ccc3c2cc1N=Cc1ccccc1. The van der Waals surface area contributed by atoms with E-state index in [9.17, 15) is 5.11 Å². The third-order valence-electron chi connectivity index (χ3n) is 11.3. The molecule has 9 aromatic carbocycles. The van der Waals surface area contributed by atoms with Crippen LogP contribution in [-0.4, -0.2) is 15.9 Å². The fraction of sp³-hybridized carbons (Fsp3) is 0. The molecule has 0 atom stereocenters. The molecule has 284 valence electrons. The molecule has 11 rings (SSSR count). The minimum absolute atomic E-state index is 0.0724. The second-order valence-corrected chi connectivity index (χ2v) is 15.0. The lowest BCUT2D eigenvalue weighted by molar-refractivity contribution is 0.476. The predicted molar refractivity (Wildman–Crippen MR) is 249 cm³/mol. The zero-order chi connectivity index (χ0) is 40.0. The van der Waals surface area contributed by atoms with Gasteiger partial charge in [-0.2, -0.15) is 0 Å². The van der Waals surface area contributed by atoms with Crippen LogP contribution in [0.4, 0.5) is 22.7 Å². The van der Waals surface area contributed by atoms with Crippen molar-refractivity contribution >= 4 is 72.7 Å². The first-order valence-corrected chi connectivity index (χ1v) is 20.1. The summed E-state index contributed by atoms with van der Waals surface area (Å²) in [5.41, 5.74) is 13.8. The molecule has 0 fully saturated rings. The van der Waals surface area contributed by atoms with Crippen molar-refractivity contribution in [1.82, 2.24) is 4.57 Å². The van der Waals surface area contributed by atoms with E-state index in [2.05, 4.69) is 184 Å². The van der Waals surface area contributed by atoms with Gasteiger partial charge in [0, 0.05) is 50.9 Å². The molecule has 0 bridgehead atoms. The number of nitrogens with zero attached hydrogens (tertiary/aromatic N) is 3. The minimum atomic E-state index is 0.0724. The van der Waals surface area contributed by atoms with Crippen molar-refractivity contribution in [3.63, 3.8) is 0 Å². The third-order valence-corrected chi connectivity index (χ3v) is 11.3. The van der Waals surface area contributed by atoms with E-state index in [0.29, 0.717) is 11.3 Å². The molecule has 2 heterocycles. The van der Waals surface area contributed by atoms with Gasteiger partial charge >= 0.3 is 0 Å². The molecule has 0 saturated heterocycles. The van der Waals surface area contributed by atoms with E-state index in [0.717, 1.165) is 72.4 Å². The lowest BCUT2D eigenvalue weighted by Gasteiger charge is -2.28. The molecule has 2 aromatic heterocycles.